The normalized spacial score (nSPS) is 24.9. The van der Waals surface area contributed by atoms with Gasteiger partial charge in [0, 0.05) is 32.0 Å². The van der Waals surface area contributed by atoms with Gasteiger partial charge in [0.25, 0.3) is 0 Å². The van der Waals surface area contributed by atoms with E-state index in [0.717, 1.165) is 19.5 Å². The highest BCUT2D eigenvalue weighted by molar-refractivity contribution is 5.79. The van der Waals surface area contributed by atoms with Crippen LogP contribution in [-0.4, -0.2) is 47.6 Å². The van der Waals surface area contributed by atoms with Crippen molar-refractivity contribution >= 4 is 5.91 Å². The molecule has 0 unspecified atom stereocenters. The first-order valence-electron chi connectivity index (χ1n) is 6.21. The van der Waals surface area contributed by atoms with E-state index in [0.29, 0.717) is 6.54 Å². The number of rotatable bonds is 4. The fraction of sp³-hybridized carbons (Fsp3) is 0.538. The van der Waals surface area contributed by atoms with Crippen molar-refractivity contribution in [1.29, 1.82) is 0 Å². The van der Waals surface area contributed by atoms with Crippen molar-refractivity contribution < 1.29 is 9.53 Å². The van der Waals surface area contributed by atoms with Crippen LogP contribution in [0.2, 0.25) is 0 Å². The summed E-state index contributed by atoms with van der Waals surface area (Å²) in [6, 6.07) is 4.02. The molecule has 5 heteroatoms. The Labute approximate surface area is 107 Å². The molecule has 1 amide bonds. The largest absolute Gasteiger partial charge is 0.367 e. The molecule has 98 valence electrons. The fourth-order valence-electron chi connectivity index (χ4n) is 2.22. The lowest BCUT2D eigenvalue weighted by Gasteiger charge is -2.35. The lowest BCUT2D eigenvalue weighted by atomic mass is 10.1. The van der Waals surface area contributed by atoms with Gasteiger partial charge >= 0.3 is 0 Å². The van der Waals surface area contributed by atoms with Crippen LogP contribution in [-0.2, 0) is 16.0 Å². The summed E-state index contributed by atoms with van der Waals surface area (Å²) >= 11 is 0. The highest BCUT2D eigenvalue weighted by Crippen LogP contribution is 2.11. The predicted molar refractivity (Wildman–Crippen MR) is 67.9 cm³/mol. The third kappa shape index (κ3) is 3.51. The van der Waals surface area contributed by atoms with E-state index in [-0.39, 0.29) is 12.0 Å². The van der Waals surface area contributed by atoms with Crippen LogP contribution in [0.3, 0.4) is 0 Å². The van der Waals surface area contributed by atoms with Gasteiger partial charge in [0.2, 0.25) is 5.91 Å². The van der Waals surface area contributed by atoms with Gasteiger partial charge in [-0.2, -0.15) is 0 Å². The second-order valence-corrected chi connectivity index (χ2v) is 4.70. The van der Waals surface area contributed by atoms with Crippen LogP contribution in [0.5, 0.6) is 0 Å². The maximum Gasteiger partial charge on any atom is 0.247 e. The number of hydrogen-bond acceptors (Lipinski definition) is 4. The predicted octanol–water partition coefficient (Wildman–Crippen LogP) is 0.199. The Balaban J connectivity index is 1.87. The first-order chi connectivity index (χ1) is 8.65. The minimum Gasteiger partial charge on any atom is -0.367 e. The zero-order valence-electron chi connectivity index (χ0n) is 10.6. The first-order valence-corrected chi connectivity index (χ1v) is 6.21. The van der Waals surface area contributed by atoms with E-state index in [4.69, 9.17) is 10.5 Å². The van der Waals surface area contributed by atoms with Crippen molar-refractivity contribution in [2.75, 3.05) is 19.6 Å². The maximum atomic E-state index is 11.2. The molecular weight excluding hydrogens is 230 g/mol. The molecule has 0 saturated carbocycles. The number of nitrogens with zero attached hydrogens (tertiary/aromatic N) is 2. The summed E-state index contributed by atoms with van der Waals surface area (Å²) in [5.74, 6) is -0.379. The summed E-state index contributed by atoms with van der Waals surface area (Å²) in [5.41, 5.74) is 6.55. The van der Waals surface area contributed by atoms with Crippen LogP contribution in [0.4, 0.5) is 0 Å². The molecular formula is C13H19N3O2. The van der Waals surface area contributed by atoms with Crippen molar-refractivity contribution in [3.8, 4) is 0 Å². The van der Waals surface area contributed by atoms with Crippen molar-refractivity contribution in [2.45, 2.75) is 25.6 Å². The molecule has 1 aliphatic heterocycles. The van der Waals surface area contributed by atoms with E-state index in [1.165, 1.54) is 5.56 Å². The third-order valence-electron chi connectivity index (χ3n) is 3.12. The van der Waals surface area contributed by atoms with E-state index in [2.05, 4.69) is 9.88 Å². The maximum absolute atomic E-state index is 11.2. The molecule has 1 fully saturated rings. The fourth-order valence-corrected chi connectivity index (χ4v) is 2.22. The number of ether oxygens (including phenoxy) is 1. The number of morpholine rings is 1. The second kappa shape index (κ2) is 5.93. The minimum absolute atomic E-state index is 0.0497. The standard InChI is InChI=1S/C13H19N3O2/c1-10-8-16(9-12(18-10)13(14)17)7-4-11-2-5-15-6-3-11/h2-3,5-6,10,12H,4,7-9H2,1H3,(H2,14,17)/t10-,12+/m1/s1. The molecule has 0 aliphatic carbocycles. The van der Waals surface area contributed by atoms with Gasteiger partial charge in [-0.15, -0.1) is 0 Å². The smallest absolute Gasteiger partial charge is 0.247 e. The molecule has 2 N–H and O–H groups in total. The second-order valence-electron chi connectivity index (χ2n) is 4.70. The van der Waals surface area contributed by atoms with Crippen LogP contribution in [0, 0.1) is 0 Å². The van der Waals surface area contributed by atoms with Crippen LogP contribution < -0.4 is 5.73 Å². The number of aromatic nitrogens is 1. The number of carbonyl (C=O) groups is 1. The summed E-state index contributed by atoms with van der Waals surface area (Å²) < 4.78 is 5.50. The summed E-state index contributed by atoms with van der Waals surface area (Å²) in [6.07, 6.45) is 4.10. The molecule has 0 spiro atoms. The van der Waals surface area contributed by atoms with E-state index in [9.17, 15) is 4.79 Å². The monoisotopic (exact) mass is 249 g/mol. The quantitative estimate of drug-likeness (QED) is 0.827. The zero-order valence-corrected chi connectivity index (χ0v) is 10.6. The minimum atomic E-state index is -0.480. The van der Waals surface area contributed by atoms with Gasteiger partial charge in [-0.1, -0.05) is 0 Å². The molecule has 0 radical (unpaired) electrons. The van der Waals surface area contributed by atoms with E-state index < -0.39 is 6.10 Å². The Morgan fingerprint density at radius 2 is 2.22 bits per heavy atom. The number of hydrogen-bond donors (Lipinski definition) is 1. The van der Waals surface area contributed by atoms with Gasteiger partial charge in [-0.05, 0) is 31.0 Å². The van der Waals surface area contributed by atoms with Crippen molar-refractivity contribution in [1.82, 2.24) is 9.88 Å². The topological polar surface area (TPSA) is 68.5 Å². The molecule has 0 bridgehead atoms. The molecule has 2 heterocycles. The number of nitrogens with two attached hydrogens (primary N) is 1. The number of carbonyl (C=O) groups excluding carboxylic acids is 1. The molecule has 1 aromatic heterocycles. The van der Waals surface area contributed by atoms with Crippen molar-refractivity contribution in [2.24, 2.45) is 5.73 Å². The first kappa shape index (κ1) is 13.0. The molecule has 5 nitrogen and oxygen atoms in total. The third-order valence-corrected chi connectivity index (χ3v) is 3.12. The van der Waals surface area contributed by atoms with Crippen LogP contribution in [0.1, 0.15) is 12.5 Å². The van der Waals surface area contributed by atoms with Gasteiger partial charge < -0.3 is 10.5 Å². The van der Waals surface area contributed by atoms with Gasteiger partial charge in [0.05, 0.1) is 6.10 Å². The molecule has 1 aromatic rings. The Bertz CT molecular complexity index is 396. The average Bonchev–Trinajstić information content (AvgIpc) is 2.37. The Morgan fingerprint density at radius 1 is 1.50 bits per heavy atom. The van der Waals surface area contributed by atoms with Crippen LogP contribution in [0.15, 0.2) is 24.5 Å². The number of pyridine rings is 1. The van der Waals surface area contributed by atoms with E-state index in [1.54, 1.807) is 12.4 Å². The highest BCUT2D eigenvalue weighted by Gasteiger charge is 2.28. The Morgan fingerprint density at radius 3 is 2.89 bits per heavy atom. The van der Waals surface area contributed by atoms with Gasteiger partial charge in [-0.3, -0.25) is 14.7 Å². The lowest BCUT2D eigenvalue weighted by Crippen LogP contribution is -2.51. The molecule has 18 heavy (non-hydrogen) atoms. The molecule has 1 aliphatic rings. The van der Waals surface area contributed by atoms with Gasteiger partial charge in [-0.25, -0.2) is 0 Å². The van der Waals surface area contributed by atoms with Crippen LogP contribution >= 0.6 is 0 Å². The summed E-state index contributed by atoms with van der Waals surface area (Å²) in [4.78, 5) is 17.4. The Hall–Kier alpha value is -1.46. The van der Waals surface area contributed by atoms with E-state index in [1.807, 2.05) is 19.1 Å². The zero-order chi connectivity index (χ0) is 13.0. The highest BCUT2D eigenvalue weighted by atomic mass is 16.5. The lowest BCUT2D eigenvalue weighted by molar-refractivity contribution is -0.142. The van der Waals surface area contributed by atoms with Crippen molar-refractivity contribution in [3.63, 3.8) is 0 Å². The molecule has 0 aromatic carbocycles. The molecule has 2 atom stereocenters. The van der Waals surface area contributed by atoms with Crippen molar-refractivity contribution in [3.05, 3.63) is 30.1 Å². The van der Waals surface area contributed by atoms with Crippen LogP contribution in [0.25, 0.3) is 0 Å². The Kier molecular flexibility index (Phi) is 4.28. The summed E-state index contributed by atoms with van der Waals surface area (Å²) in [5, 5.41) is 0. The number of amides is 1. The average molecular weight is 249 g/mol. The summed E-state index contributed by atoms with van der Waals surface area (Å²) in [7, 11) is 0. The SMILES string of the molecule is C[C@@H]1CN(CCc2ccncc2)C[C@@H](C(N)=O)O1. The summed E-state index contributed by atoms with van der Waals surface area (Å²) in [6.45, 7) is 4.30. The number of primary amides is 1. The van der Waals surface area contributed by atoms with Gasteiger partial charge in [0.15, 0.2) is 0 Å². The van der Waals surface area contributed by atoms with E-state index >= 15 is 0 Å². The molecule has 1 saturated heterocycles. The molecule has 2 rings (SSSR count). The van der Waals surface area contributed by atoms with Gasteiger partial charge in [0.1, 0.15) is 6.10 Å².